The van der Waals surface area contributed by atoms with E-state index in [1.807, 2.05) is 10.6 Å². The molecule has 0 unspecified atom stereocenters. The van der Waals surface area contributed by atoms with Crippen molar-refractivity contribution in [1.29, 1.82) is 0 Å². The van der Waals surface area contributed by atoms with Gasteiger partial charge in [-0.15, -0.1) is 0 Å². The minimum Gasteiger partial charge on any atom is -0.384 e. The normalized spacial score (nSPS) is 13.0. The van der Waals surface area contributed by atoms with Crippen molar-refractivity contribution in [3.8, 4) is 0 Å². The largest absolute Gasteiger partial charge is 0.384 e. The van der Waals surface area contributed by atoms with Crippen LogP contribution in [0.5, 0.6) is 0 Å². The molecule has 0 aliphatic carbocycles. The molecule has 0 spiro atoms. The Labute approximate surface area is 137 Å². The van der Waals surface area contributed by atoms with E-state index in [4.69, 9.17) is 16.3 Å². The lowest BCUT2D eigenvalue weighted by Crippen LogP contribution is -2.24. The van der Waals surface area contributed by atoms with Crippen LogP contribution in [0.2, 0.25) is 30.8 Å². The number of halogens is 1. The molecular formula is C15H24ClN3O2Si. The molecule has 2 heterocycles. The van der Waals surface area contributed by atoms with E-state index < -0.39 is 13.7 Å². The van der Waals surface area contributed by atoms with Crippen molar-refractivity contribution in [2.24, 2.45) is 0 Å². The van der Waals surface area contributed by atoms with Crippen LogP contribution >= 0.6 is 11.6 Å². The first-order valence-corrected chi connectivity index (χ1v) is 11.5. The van der Waals surface area contributed by atoms with Gasteiger partial charge in [0.05, 0.1) is 16.7 Å². The molecule has 0 aromatic carbocycles. The molecule has 2 aromatic heterocycles. The fourth-order valence-corrected chi connectivity index (χ4v) is 3.14. The number of nitrogens with zero attached hydrogens (tertiary/aromatic N) is 3. The van der Waals surface area contributed by atoms with Crippen LogP contribution in [0.15, 0.2) is 12.4 Å². The van der Waals surface area contributed by atoms with Crippen LogP contribution in [0.25, 0.3) is 11.0 Å². The Morgan fingerprint density at radius 2 is 2.00 bits per heavy atom. The lowest BCUT2D eigenvalue weighted by atomic mass is 10.1. The number of hydrogen-bond acceptors (Lipinski definition) is 4. The minimum atomic E-state index is -1.12. The number of rotatable bonds is 6. The molecular weight excluding hydrogens is 318 g/mol. The van der Waals surface area contributed by atoms with Gasteiger partial charge in [0.25, 0.3) is 0 Å². The lowest BCUT2D eigenvalue weighted by molar-refractivity contribution is 0.0469. The minimum absolute atomic E-state index is 0.348. The first-order chi connectivity index (χ1) is 10.1. The topological polar surface area (TPSA) is 60.2 Å². The highest BCUT2D eigenvalue weighted by molar-refractivity contribution is 6.76. The molecule has 0 radical (unpaired) electrons. The second-order valence-corrected chi connectivity index (χ2v) is 13.2. The standard InChI is InChI=1S/C15H24ClN3O2Si/c1-15(2,20)12-8-11-13(16)17-9-18-14(11)19(12)10-21-6-7-22(3,4)5/h8-9,20H,6-7,10H2,1-5H3. The summed E-state index contributed by atoms with van der Waals surface area (Å²) in [6, 6.07) is 2.93. The fourth-order valence-electron chi connectivity index (χ4n) is 2.21. The molecule has 2 rings (SSSR count). The summed E-state index contributed by atoms with van der Waals surface area (Å²) in [4.78, 5) is 8.29. The van der Waals surface area contributed by atoms with Gasteiger partial charge in [-0.3, -0.25) is 0 Å². The number of aromatic nitrogens is 3. The van der Waals surface area contributed by atoms with Crippen molar-refractivity contribution in [2.45, 2.75) is 51.9 Å². The van der Waals surface area contributed by atoms with Crippen LogP contribution in [-0.4, -0.2) is 34.3 Å². The van der Waals surface area contributed by atoms with E-state index in [0.29, 0.717) is 24.1 Å². The van der Waals surface area contributed by atoms with E-state index in [1.165, 1.54) is 6.33 Å². The molecule has 122 valence electrons. The maximum Gasteiger partial charge on any atom is 0.147 e. The van der Waals surface area contributed by atoms with Crippen molar-refractivity contribution in [3.63, 3.8) is 0 Å². The van der Waals surface area contributed by atoms with Crippen LogP contribution < -0.4 is 0 Å². The maximum atomic E-state index is 10.4. The van der Waals surface area contributed by atoms with Crippen molar-refractivity contribution in [1.82, 2.24) is 14.5 Å². The van der Waals surface area contributed by atoms with E-state index in [-0.39, 0.29) is 0 Å². The summed E-state index contributed by atoms with van der Waals surface area (Å²) < 4.78 is 7.69. The van der Waals surface area contributed by atoms with Crippen molar-refractivity contribution in [3.05, 3.63) is 23.2 Å². The zero-order valence-electron chi connectivity index (χ0n) is 13.9. The van der Waals surface area contributed by atoms with E-state index in [1.54, 1.807) is 13.8 Å². The number of hydrogen-bond donors (Lipinski definition) is 1. The molecule has 2 aromatic rings. The van der Waals surface area contributed by atoms with Gasteiger partial charge in [-0.05, 0) is 26.0 Å². The van der Waals surface area contributed by atoms with Crippen LogP contribution in [0.3, 0.4) is 0 Å². The molecule has 0 fully saturated rings. The van der Waals surface area contributed by atoms with Crippen LogP contribution in [0.4, 0.5) is 0 Å². The van der Waals surface area contributed by atoms with E-state index in [0.717, 1.165) is 17.1 Å². The first kappa shape index (κ1) is 17.4. The number of fused-ring (bicyclic) bond motifs is 1. The highest BCUT2D eigenvalue weighted by atomic mass is 35.5. The van der Waals surface area contributed by atoms with Gasteiger partial charge in [-0.1, -0.05) is 31.2 Å². The quantitative estimate of drug-likeness (QED) is 0.495. The summed E-state index contributed by atoms with van der Waals surface area (Å²) in [6.07, 6.45) is 1.43. The second kappa shape index (κ2) is 6.27. The molecule has 0 atom stereocenters. The third-order valence-corrected chi connectivity index (χ3v) is 5.49. The van der Waals surface area contributed by atoms with E-state index >= 15 is 0 Å². The fraction of sp³-hybridized carbons (Fsp3) is 0.600. The molecule has 0 aliphatic heterocycles. The molecule has 0 aliphatic rings. The Hall–Kier alpha value is -0.953. The van der Waals surface area contributed by atoms with Gasteiger partial charge in [-0.25, -0.2) is 9.97 Å². The van der Waals surface area contributed by atoms with Gasteiger partial charge in [0.15, 0.2) is 0 Å². The van der Waals surface area contributed by atoms with Gasteiger partial charge in [0.1, 0.15) is 23.9 Å². The Balaban J connectivity index is 2.28. The zero-order chi connectivity index (χ0) is 16.5. The molecule has 0 bridgehead atoms. The summed E-state index contributed by atoms with van der Waals surface area (Å²) in [5.41, 5.74) is 0.398. The van der Waals surface area contributed by atoms with Crippen molar-refractivity contribution in [2.75, 3.05) is 6.61 Å². The van der Waals surface area contributed by atoms with Crippen LogP contribution in [-0.2, 0) is 17.1 Å². The van der Waals surface area contributed by atoms with E-state index in [9.17, 15) is 5.11 Å². The van der Waals surface area contributed by atoms with Gasteiger partial charge in [0, 0.05) is 14.7 Å². The molecule has 0 amide bonds. The Morgan fingerprint density at radius 1 is 1.32 bits per heavy atom. The summed E-state index contributed by atoms with van der Waals surface area (Å²) in [5, 5.41) is 11.5. The van der Waals surface area contributed by atoms with Crippen molar-refractivity contribution < 1.29 is 9.84 Å². The molecule has 5 nitrogen and oxygen atoms in total. The van der Waals surface area contributed by atoms with Gasteiger partial charge >= 0.3 is 0 Å². The van der Waals surface area contributed by atoms with Crippen LogP contribution in [0, 0.1) is 0 Å². The van der Waals surface area contributed by atoms with E-state index in [2.05, 4.69) is 29.6 Å². The molecule has 22 heavy (non-hydrogen) atoms. The maximum absolute atomic E-state index is 10.4. The number of aliphatic hydroxyl groups is 1. The second-order valence-electron chi connectivity index (χ2n) is 7.27. The molecule has 0 saturated heterocycles. The predicted octanol–water partition coefficient (Wildman–Crippen LogP) is 3.62. The zero-order valence-corrected chi connectivity index (χ0v) is 15.6. The molecule has 7 heteroatoms. The SMILES string of the molecule is CC(C)(O)c1cc2c(Cl)ncnc2n1COCC[Si](C)(C)C. The Kier molecular flexibility index (Phi) is 4.96. The Morgan fingerprint density at radius 3 is 2.59 bits per heavy atom. The highest BCUT2D eigenvalue weighted by Gasteiger charge is 2.24. The molecule has 0 saturated carbocycles. The lowest BCUT2D eigenvalue weighted by Gasteiger charge is -2.21. The summed E-state index contributed by atoms with van der Waals surface area (Å²) in [5.74, 6) is 0. The van der Waals surface area contributed by atoms with Gasteiger partial charge in [0.2, 0.25) is 0 Å². The summed E-state index contributed by atoms with van der Waals surface area (Å²) >= 11 is 6.13. The van der Waals surface area contributed by atoms with Gasteiger partial charge < -0.3 is 14.4 Å². The first-order valence-electron chi connectivity index (χ1n) is 7.40. The monoisotopic (exact) mass is 341 g/mol. The van der Waals surface area contributed by atoms with Gasteiger partial charge in [-0.2, -0.15) is 0 Å². The third-order valence-electron chi connectivity index (χ3n) is 3.49. The molecule has 1 N–H and O–H groups in total. The third kappa shape index (κ3) is 4.07. The Bertz CT molecular complexity index is 659. The van der Waals surface area contributed by atoms with Crippen LogP contribution in [0.1, 0.15) is 19.5 Å². The van der Waals surface area contributed by atoms with Crippen molar-refractivity contribution >= 4 is 30.7 Å². The average Bonchev–Trinajstić information content (AvgIpc) is 2.74. The number of ether oxygens (including phenoxy) is 1. The smallest absolute Gasteiger partial charge is 0.147 e. The summed E-state index contributed by atoms with van der Waals surface area (Å²) in [7, 11) is -1.12. The average molecular weight is 342 g/mol. The summed E-state index contributed by atoms with van der Waals surface area (Å²) in [6.45, 7) is 11.5. The predicted molar refractivity (Wildman–Crippen MR) is 91.9 cm³/mol. The highest BCUT2D eigenvalue weighted by Crippen LogP contribution is 2.30.